The Bertz CT molecular complexity index is 591. The first-order chi connectivity index (χ1) is 9.11. The highest BCUT2D eigenvalue weighted by atomic mass is 79.9. The lowest BCUT2D eigenvalue weighted by Gasteiger charge is -2.13. The van der Waals surface area contributed by atoms with Gasteiger partial charge in [0.05, 0.1) is 0 Å². The van der Waals surface area contributed by atoms with Crippen molar-refractivity contribution in [1.29, 1.82) is 0 Å². The van der Waals surface area contributed by atoms with Crippen LogP contribution in [0.4, 0.5) is 0 Å². The van der Waals surface area contributed by atoms with Gasteiger partial charge in [-0.1, -0.05) is 32.0 Å². The molecule has 0 aliphatic carbocycles. The Kier molecular flexibility index (Phi) is 4.38. The van der Waals surface area contributed by atoms with Gasteiger partial charge in [0, 0.05) is 10.0 Å². The number of para-hydroxylation sites is 1. The van der Waals surface area contributed by atoms with E-state index in [1.165, 1.54) is 0 Å². The van der Waals surface area contributed by atoms with Gasteiger partial charge in [0.2, 0.25) is 0 Å². The van der Waals surface area contributed by atoms with E-state index in [0.717, 1.165) is 22.1 Å². The molecule has 0 fully saturated rings. The lowest BCUT2D eigenvalue weighted by atomic mass is 10.0. The first kappa shape index (κ1) is 13.8. The van der Waals surface area contributed by atoms with Crippen LogP contribution in [-0.4, -0.2) is 6.29 Å². The van der Waals surface area contributed by atoms with Crippen LogP contribution in [0.2, 0.25) is 0 Å². The molecular formula is C16H15BrO2. The topological polar surface area (TPSA) is 26.3 Å². The Labute approximate surface area is 121 Å². The fraction of sp³-hybridized carbons (Fsp3) is 0.188. The predicted octanol–water partition coefficient (Wildman–Crippen LogP) is 5.18. The monoisotopic (exact) mass is 318 g/mol. The van der Waals surface area contributed by atoms with Crippen LogP contribution in [0.1, 0.15) is 35.7 Å². The molecule has 0 aliphatic rings. The fourth-order valence-electron chi connectivity index (χ4n) is 1.84. The second kappa shape index (κ2) is 6.02. The van der Waals surface area contributed by atoms with E-state index in [2.05, 4.69) is 35.8 Å². The molecular weight excluding hydrogens is 304 g/mol. The van der Waals surface area contributed by atoms with Gasteiger partial charge in [-0.2, -0.15) is 0 Å². The molecule has 0 atom stereocenters. The van der Waals surface area contributed by atoms with E-state index in [9.17, 15) is 4.79 Å². The molecule has 2 nitrogen and oxygen atoms in total. The summed E-state index contributed by atoms with van der Waals surface area (Å²) in [5.41, 5.74) is 1.78. The third-order valence-electron chi connectivity index (χ3n) is 2.87. The Balaban J connectivity index is 2.31. The molecule has 2 rings (SSSR count). The minimum absolute atomic E-state index is 0.397. The van der Waals surface area contributed by atoms with Crippen molar-refractivity contribution in [1.82, 2.24) is 0 Å². The molecule has 2 aromatic rings. The van der Waals surface area contributed by atoms with Crippen molar-refractivity contribution in [2.24, 2.45) is 0 Å². The van der Waals surface area contributed by atoms with Crippen LogP contribution in [0, 0.1) is 0 Å². The summed E-state index contributed by atoms with van der Waals surface area (Å²) in [4.78, 5) is 10.8. The van der Waals surface area contributed by atoms with E-state index in [4.69, 9.17) is 4.74 Å². The van der Waals surface area contributed by atoms with Crippen LogP contribution in [0.25, 0.3) is 0 Å². The molecule has 2 aromatic carbocycles. The van der Waals surface area contributed by atoms with Crippen LogP contribution in [0.15, 0.2) is 46.9 Å². The third kappa shape index (κ3) is 3.24. The zero-order chi connectivity index (χ0) is 13.8. The smallest absolute Gasteiger partial charge is 0.151 e. The quantitative estimate of drug-likeness (QED) is 0.726. The van der Waals surface area contributed by atoms with Gasteiger partial charge in [-0.3, -0.25) is 4.79 Å². The van der Waals surface area contributed by atoms with Gasteiger partial charge in [0.25, 0.3) is 0 Å². The number of rotatable bonds is 4. The van der Waals surface area contributed by atoms with Crippen molar-refractivity contribution in [3.05, 3.63) is 58.1 Å². The van der Waals surface area contributed by atoms with Crippen molar-refractivity contribution in [2.75, 3.05) is 0 Å². The zero-order valence-electron chi connectivity index (χ0n) is 10.9. The summed E-state index contributed by atoms with van der Waals surface area (Å²) in [6, 6.07) is 13.3. The highest BCUT2D eigenvalue weighted by Crippen LogP contribution is 2.31. The first-order valence-corrected chi connectivity index (χ1v) is 6.92. The molecule has 0 aromatic heterocycles. The van der Waals surface area contributed by atoms with Gasteiger partial charge in [0.1, 0.15) is 11.5 Å². The van der Waals surface area contributed by atoms with Gasteiger partial charge in [-0.05, 0) is 51.7 Å². The maximum atomic E-state index is 10.8. The van der Waals surface area contributed by atoms with Crippen LogP contribution < -0.4 is 4.74 Å². The molecule has 0 saturated carbocycles. The van der Waals surface area contributed by atoms with Crippen molar-refractivity contribution in [3.63, 3.8) is 0 Å². The second-order valence-electron chi connectivity index (χ2n) is 4.60. The molecule has 0 bridgehead atoms. The van der Waals surface area contributed by atoms with Crippen molar-refractivity contribution in [2.45, 2.75) is 19.8 Å². The van der Waals surface area contributed by atoms with Gasteiger partial charge in [0.15, 0.2) is 6.29 Å². The van der Waals surface area contributed by atoms with E-state index in [-0.39, 0.29) is 0 Å². The number of carbonyl (C=O) groups is 1. The summed E-state index contributed by atoms with van der Waals surface area (Å²) in [6.07, 6.45) is 0.815. The van der Waals surface area contributed by atoms with Gasteiger partial charge < -0.3 is 4.74 Å². The van der Waals surface area contributed by atoms with Crippen molar-refractivity contribution < 1.29 is 9.53 Å². The molecule has 0 amide bonds. The van der Waals surface area contributed by atoms with Crippen LogP contribution in [-0.2, 0) is 0 Å². The Hall–Kier alpha value is -1.61. The van der Waals surface area contributed by atoms with Crippen LogP contribution in [0.5, 0.6) is 11.5 Å². The molecule has 0 spiro atoms. The average Bonchev–Trinajstić information content (AvgIpc) is 2.39. The Morgan fingerprint density at radius 1 is 1.16 bits per heavy atom. The number of aldehydes is 1. The highest BCUT2D eigenvalue weighted by molar-refractivity contribution is 9.10. The third-order valence-corrected chi connectivity index (χ3v) is 3.55. The van der Waals surface area contributed by atoms with E-state index in [1.807, 2.05) is 18.2 Å². The normalized spacial score (nSPS) is 10.5. The van der Waals surface area contributed by atoms with Gasteiger partial charge in [-0.15, -0.1) is 0 Å². The number of carbonyl (C=O) groups excluding carboxylic acids is 1. The maximum Gasteiger partial charge on any atom is 0.151 e. The molecule has 0 N–H and O–H groups in total. The Morgan fingerprint density at radius 2 is 1.89 bits per heavy atom. The number of hydrogen-bond donors (Lipinski definition) is 0. The van der Waals surface area contributed by atoms with E-state index in [1.54, 1.807) is 18.2 Å². The SMILES string of the molecule is CC(C)c1ccccc1Oc1ccc(C=O)c(Br)c1. The number of benzene rings is 2. The summed E-state index contributed by atoms with van der Waals surface area (Å²) in [5.74, 6) is 1.96. The average molecular weight is 319 g/mol. The van der Waals surface area contributed by atoms with Crippen molar-refractivity contribution >= 4 is 22.2 Å². The molecule has 19 heavy (non-hydrogen) atoms. The summed E-state index contributed by atoms with van der Waals surface area (Å²) >= 11 is 3.36. The molecule has 0 saturated heterocycles. The molecule has 0 unspecified atom stereocenters. The predicted molar refractivity (Wildman–Crippen MR) is 80.1 cm³/mol. The number of ether oxygens (including phenoxy) is 1. The van der Waals surface area contributed by atoms with Crippen LogP contribution in [0.3, 0.4) is 0 Å². The summed E-state index contributed by atoms with van der Waals surface area (Å²) < 4.78 is 6.64. The zero-order valence-corrected chi connectivity index (χ0v) is 12.5. The Morgan fingerprint density at radius 3 is 2.53 bits per heavy atom. The van der Waals surface area contributed by atoms with E-state index >= 15 is 0 Å². The molecule has 0 heterocycles. The molecule has 0 aliphatic heterocycles. The summed E-state index contributed by atoms with van der Waals surface area (Å²) in [5, 5.41) is 0. The molecule has 98 valence electrons. The van der Waals surface area contributed by atoms with E-state index in [0.29, 0.717) is 17.2 Å². The highest BCUT2D eigenvalue weighted by Gasteiger charge is 2.08. The minimum atomic E-state index is 0.397. The fourth-order valence-corrected chi connectivity index (χ4v) is 2.30. The second-order valence-corrected chi connectivity index (χ2v) is 5.45. The summed E-state index contributed by atoms with van der Waals surface area (Å²) in [7, 11) is 0. The lowest BCUT2D eigenvalue weighted by Crippen LogP contribution is -1.94. The van der Waals surface area contributed by atoms with Crippen LogP contribution >= 0.6 is 15.9 Å². The number of halogens is 1. The lowest BCUT2D eigenvalue weighted by molar-refractivity contribution is 0.112. The largest absolute Gasteiger partial charge is 0.457 e. The summed E-state index contributed by atoms with van der Waals surface area (Å²) in [6.45, 7) is 4.27. The molecule has 3 heteroatoms. The number of hydrogen-bond acceptors (Lipinski definition) is 2. The maximum absolute atomic E-state index is 10.8. The minimum Gasteiger partial charge on any atom is -0.457 e. The molecule has 0 radical (unpaired) electrons. The first-order valence-electron chi connectivity index (χ1n) is 6.13. The van der Waals surface area contributed by atoms with E-state index < -0.39 is 0 Å². The standard InChI is InChI=1S/C16H15BrO2/c1-11(2)14-5-3-4-6-16(14)19-13-8-7-12(10-18)15(17)9-13/h3-11H,1-2H3. The van der Waals surface area contributed by atoms with Crippen molar-refractivity contribution in [3.8, 4) is 11.5 Å². The van der Waals surface area contributed by atoms with Gasteiger partial charge >= 0.3 is 0 Å². The van der Waals surface area contributed by atoms with Gasteiger partial charge in [-0.25, -0.2) is 0 Å².